The van der Waals surface area contributed by atoms with E-state index in [1.54, 1.807) is 6.07 Å². The molecule has 0 atom stereocenters. The molecule has 1 aromatic heterocycles. The fourth-order valence-electron chi connectivity index (χ4n) is 1.90. The van der Waals surface area contributed by atoms with Gasteiger partial charge >= 0.3 is 0 Å². The Morgan fingerprint density at radius 1 is 1.29 bits per heavy atom. The third kappa shape index (κ3) is 2.91. The van der Waals surface area contributed by atoms with Gasteiger partial charge < -0.3 is 16.8 Å². The first kappa shape index (κ1) is 14.7. The number of primary amides is 1. The molecule has 21 heavy (non-hydrogen) atoms. The number of carbonyl (C=O) groups is 1. The lowest BCUT2D eigenvalue weighted by Crippen LogP contribution is -2.15. The van der Waals surface area contributed by atoms with Crippen LogP contribution < -0.4 is 16.8 Å². The molecular weight excluding hydrogens is 278 g/mol. The first-order chi connectivity index (χ1) is 9.93. The van der Waals surface area contributed by atoms with Crippen molar-refractivity contribution in [2.45, 2.75) is 6.92 Å². The number of rotatable bonds is 4. The molecule has 0 aliphatic carbocycles. The molecule has 1 amide bonds. The highest BCUT2D eigenvalue weighted by molar-refractivity contribution is 5.94. The number of hydrogen-bond donors (Lipinski definition) is 3. The highest BCUT2D eigenvalue weighted by Crippen LogP contribution is 2.26. The number of amides is 1. The molecule has 0 saturated carbocycles. The molecule has 0 bridgehead atoms. The Hall–Kier alpha value is -2.70. The topological polar surface area (TPSA) is 94.0 Å². The monoisotopic (exact) mass is 292 g/mol. The van der Waals surface area contributed by atoms with E-state index in [4.69, 9.17) is 11.5 Å². The van der Waals surface area contributed by atoms with Crippen molar-refractivity contribution in [2.75, 3.05) is 17.6 Å². The third-order valence-electron chi connectivity index (χ3n) is 2.85. The number of aromatic nitrogens is 1. The Labute approximate surface area is 120 Å². The number of hydrogen-bond acceptors (Lipinski definition) is 4. The summed E-state index contributed by atoms with van der Waals surface area (Å²) in [5.74, 6) is -2.79. The molecule has 1 aromatic carbocycles. The van der Waals surface area contributed by atoms with Crippen LogP contribution in [0.4, 0.5) is 20.3 Å². The maximum absolute atomic E-state index is 13.8. The van der Waals surface area contributed by atoms with Crippen LogP contribution in [0.2, 0.25) is 0 Å². The van der Waals surface area contributed by atoms with Crippen LogP contribution in [0.25, 0.3) is 11.3 Å². The van der Waals surface area contributed by atoms with E-state index in [1.165, 1.54) is 6.07 Å². The quantitative estimate of drug-likeness (QED) is 0.804. The van der Waals surface area contributed by atoms with Gasteiger partial charge in [-0.25, -0.2) is 13.8 Å². The summed E-state index contributed by atoms with van der Waals surface area (Å²) in [7, 11) is 0. The summed E-state index contributed by atoms with van der Waals surface area (Å²) in [6, 6.07) is 5.14. The van der Waals surface area contributed by atoms with Crippen LogP contribution in [0.1, 0.15) is 17.3 Å². The molecule has 5 nitrogen and oxygen atoms in total. The zero-order valence-corrected chi connectivity index (χ0v) is 11.3. The van der Waals surface area contributed by atoms with Crippen molar-refractivity contribution in [3.05, 3.63) is 41.5 Å². The average molecular weight is 292 g/mol. The van der Waals surface area contributed by atoms with Gasteiger partial charge in [0.25, 0.3) is 5.91 Å². The van der Waals surface area contributed by atoms with Crippen molar-refractivity contribution in [1.29, 1.82) is 0 Å². The van der Waals surface area contributed by atoms with E-state index >= 15 is 0 Å². The Morgan fingerprint density at radius 3 is 2.43 bits per heavy atom. The summed E-state index contributed by atoms with van der Waals surface area (Å²) >= 11 is 0. The standard InChI is InChI=1S/C14H14F2N4O/c1-2-19-14-10(17)3-4-11(20-14)7-5-8(15)12(13(18)21)9(16)6-7/h3-6H,2,17H2,1H3,(H2,18,21)(H,19,20). The lowest BCUT2D eigenvalue weighted by Gasteiger charge is -2.10. The predicted molar refractivity (Wildman–Crippen MR) is 76.7 cm³/mol. The minimum Gasteiger partial charge on any atom is -0.396 e. The van der Waals surface area contributed by atoms with Gasteiger partial charge in [-0.15, -0.1) is 0 Å². The van der Waals surface area contributed by atoms with Crippen molar-refractivity contribution in [3.8, 4) is 11.3 Å². The fraction of sp³-hybridized carbons (Fsp3) is 0.143. The van der Waals surface area contributed by atoms with Gasteiger partial charge in [0.15, 0.2) is 0 Å². The van der Waals surface area contributed by atoms with E-state index in [0.29, 0.717) is 23.7 Å². The van der Waals surface area contributed by atoms with Crippen molar-refractivity contribution in [3.63, 3.8) is 0 Å². The summed E-state index contributed by atoms with van der Waals surface area (Å²) in [4.78, 5) is 15.2. The summed E-state index contributed by atoms with van der Waals surface area (Å²) in [6.07, 6.45) is 0. The van der Waals surface area contributed by atoms with E-state index < -0.39 is 23.1 Å². The summed E-state index contributed by atoms with van der Waals surface area (Å²) in [5, 5.41) is 2.95. The van der Waals surface area contributed by atoms with Crippen LogP contribution in [-0.2, 0) is 0 Å². The molecule has 1 heterocycles. The van der Waals surface area contributed by atoms with Gasteiger partial charge in [0.1, 0.15) is 23.0 Å². The first-order valence-corrected chi connectivity index (χ1v) is 6.23. The molecular formula is C14H14F2N4O. The van der Waals surface area contributed by atoms with Gasteiger partial charge in [-0.3, -0.25) is 4.79 Å². The number of nitrogen functional groups attached to an aromatic ring is 1. The first-order valence-electron chi connectivity index (χ1n) is 6.23. The highest BCUT2D eigenvalue weighted by Gasteiger charge is 2.17. The second-order valence-electron chi connectivity index (χ2n) is 4.34. The SMILES string of the molecule is CCNc1nc(-c2cc(F)c(C(N)=O)c(F)c2)ccc1N. The molecule has 0 unspecified atom stereocenters. The zero-order valence-electron chi connectivity index (χ0n) is 11.3. The number of pyridine rings is 1. The van der Waals surface area contributed by atoms with Crippen molar-refractivity contribution >= 4 is 17.4 Å². The molecule has 0 aliphatic rings. The Morgan fingerprint density at radius 2 is 1.90 bits per heavy atom. The van der Waals surface area contributed by atoms with E-state index in [-0.39, 0.29) is 5.56 Å². The normalized spacial score (nSPS) is 10.4. The minimum atomic E-state index is -1.16. The van der Waals surface area contributed by atoms with Gasteiger partial charge in [-0.1, -0.05) is 0 Å². The highest BCUT2D eigenvalue weighted by atomic mass is 19.1. The number of carbonyl (C=O) groups excluding carboxylic acids is 1. The molecule has 0 aliphatic heterocycles. The fourth-order valence-corrected chi connectivity index (χ4v) is 1.90. The van der Waals surface area contributed by atoms with Gasteiger partial charge in [-0.05, 0) is 31.2 Å². The number of nitrogens with one attached hydrogen (secondary N) is 1. The maximum Gasteiger partial charge on any atom is 0.254 e. The minimum absolute atomic E-state index is 0.189. The van der Waals surface area contributed by atoms with Crippen LogP contribution in [0.3, 0.4) is 0 Å². The molecule has 7 heteroatoms. The second kappa shape index (κ2) is 5.74. The van der Waals surface area contributed by atoms with Crippen LogP contribution in [-0.4, -0.2) is 17.4 Å². The predicted octanol–water partition coefficient (Wildman–Crippen LogP) is 2.14. The largest absolute Gasteiger partial charge is 0.396 e. The second-order valence-corrected chi connectivity index (χ2v) is 4.34. The lowest BCUT2D eigenvalue weighted by atomic mass is 10.1. The molecule has 0 radical (unpaired) electrons. The van der Waals surface area contributed by atoms with Gasteiger partial charge in [0.05, 0.1) is 11.4 Å². The third-order valence-corrected chi connectivity index (χ3v) is 2.85. The molecule has 0 spiro atoms. The van der Waals surface area contributed by atoms with Gasteiger partial charge in [0, 0.05) is 12.1 Å². The molecule has 0 saturated heterocycles. The van der Waals surface area contributed by atoms with Crippen molar-refractivity contribution < 1.29 is 13.6 Å². The van der Waals surface area contributed by atoms with E-state index in [1.807, 2.05) is 6.92 Å². The Kier molecular flexibility index (Phi) is 4.02. The van der Waals surface area contributed by atoms with E-state index in [2.05, 4.69) is 10.3 Å². The molecule has 5 N–H and O–H groups in total. The zero-order chi connectivity index (χ0) is 15.6. The smallest absolute Gasteiger partial charge is 0.254 e. The van der Waals surface area contributed by atoms with Crippen molar-refractivity contribution in [2.24, 2.45) is 5.73 Å². The average Bonchev–Trinajstić information content (AvgIpc) is 2.40. The molecule has 2 aromatic rings. The van der Waals surface area contributed by atoms with Crippen LogP contribution in [0, 0.1) is 11.6 Å². The van der Waals surface area contributed by atoms with E-state index in [9.17, 15) is 13.6 Å². The Balaban J connectivity index is 2.52. The Bertz CT molecular complexity index is 680. The molecule has 0 fully saturated rings. The number of nitrogens with two attached hydrogens (primary N) is 2. The molecule has 110 valence electrons. The van der Waals surface area contributed by atoms with E-state index in [0.717, 1.165) is 12.1 Å². The molecule has 2 rings (SSSR count). The van der Waals surface area contributed by atoms with Gasteiger partial charge in [0.2, 0.25) is 0 Å². The van der Waals surface area contributed by atoms with Crippen molar-refractivity contribution in [1.82, 2.24) is 4.98 Å². The number of halogens is 2. The van der Waals surface area contributed by atoms with Crippen LogP contribution in [0.5, 0.6) is 0 Å². The lowest BCUT2D eigenvalue weighted by molar-refractivity contribution is 0.0992. The van der Waals surface area contributed by atoms with Crippen LogP contribution in [0.15, 0.2) is 24.3 Å². The van der Waals surface area contributed by atoms with Crippen LogP contribution >= 0.6 is 0 Å². The number of anilines is 2. The summed E-state index contributed by atoms with van der Waals surface area (Å²) < 4.78 is 27.5. The summed E-state index contributed by atoms with van der Waals surface area (Å²) in [5.41, 5.74) is 10.8. The maximum atomic E-state index is 13.8. The summed E-state index contributed by atoms with van der Waals surface area (Å²) in [6.45, 7) is 2.47. The van der Waals surface area contributed by atoms with Gasteiger partial charge in [-0.2, -0.15) is 0 Å². The number of nitrogens with zero attached hydrogens (tertiary/aromatic N) is 1. The number of benzene rings is 1.